The van der Waals surface area contributed by atoms with Gasteiger partial charge in [-0.05, 0) is 25.0 Å². The summed E-state index contributed by atoms with van der Waals surface area (Å²) in [7, 11) is 0. The Morgan fingerprint density at radius 3 is 2.67 bits per heavy atom. The SMILES string of the molecule is C[C@H]1CO[C@@H]2Cn3cc(C(=O)CCc4ccc(F)cc4F)c(=O)c(OCOC(=O)OCCN4CCOCC4)c3C(=O)N12. The van der Waals surface area contributed by atoms with E-state index < -0.39 is 53.7 Å². The van der Waals surface area contributed by atoms with Gasteiger partial charge in [-0.15, -0.1) is 0 Å². The van der Waals surface area contributed by atoms with E-state index in [1.807, 2.05) is 0 Å². The van der Waals surface area contributed by atoms with Crippen LogP contribution in [0.5, 0.6) is 5.75 Å². The van der Waals surface area contributed by atoms with Gasteiger partial charge in [-0.2, -0.15) is 0 Å². The summed E-state index contributed by atoms with van der Waals surface area (Å²) in [5.41, 5.74) is -1.18. The number of carbonyl (C=O) groups is 3. The molecule has 0 N–H and O–H groups in total. The van der Waals surface area contributed by atoms with Crippen molar-refractivity contribution in [3.63, 3.8) is 0 Å². The minimum absolute atomic E-state index is 0.0717. The van der Waals surface area contributed by atoms with E-state index in [2.05, 4.69) is 4.90 Å². The van der Waals surface area contributed by atoms with Crippen molar-refractivity contribution in [3.8, 4) is 5.75 Å². The number of nitrogens with zero attached hydrogens (tertiary/aromatic N) is 3. The van der Waals surface area contributed by atoms with Crippen molar-refractivity contribution in [1.29, 1.82) is 0 Å². The van der Waals surface area contributed by atoms with Crippen LogP contribution in [0.1, 0.15) is 39.8 Å². The molecule has 2 atom stereocenters. The van der Waals surface area contributed by atoms with E-state index in [-0.39, 0.29) is 48.9 Å². The number of hydrogen-bond donors (Lipinski definition) is 0. The lowest BCUT2D eigenvalue weighted by atomic mass is 10.0. The molecule has 0 bridgehead atoms. The second-order valence-electron chi connectivity index (χ2n) is 10.2. The quantitative estimate of drug-likeness (QED) is 0.230. The largest absolute Gasteiger partial charge is 0.511 e. The van der Waals surface area contributed by atoms with E-state index in [0.717, 1.165) is 19.2 Å². The Hall–Kier alpha value is -3.88. The van der Waals surface area contributed by atoms with E-state index in [4.69, 9.17) is 23.7 Å². The van der Waals surface area contributed by atoms with Crippen molar-refractivity contribution in [2.75, 3.05) is 52.9 Å². The molecule has 3 aliphatic rings. The highest BCUT2D eigenvalue weighted by molar-refractivity contribution is 6.00. The van der Waals surface area contributed by atoms with Gasteiger partial charge in [0.15, 0.2) is 17.7 Å². The number of Topliss-reactive ketones (excluding diaryl/α,β-unsaturated/α-hetero) is 1. The maximum Gasteiger partial charge on any atom is 0.511 e. The van der Waals surface area contributed by atoms with Crippen LogP contribution >= 0.6 is 0 Å². The van der Waals surface area contributed by atoms with Crippen molar-refractivity contribution < 1.29 is 46.8 Å². The fourth-order valence-electron chi connectivity index (χ4n) is 5.16. The van der Waals surface area contributed by atoms with Crippen LogP contribution in [-0.2, 0) is 31.9 Å². The summed E-state index contributed by atoms with van der Waals surface area (Å²) >= 11 is 0. The zero-order chi connectivity index (χ0) is 29.8. The number of aryl methyl sites for hydroxylation is 1. The van der Waals surface area contributed by atoms with E-state index in [9.17, 15) is 28.0 Å². The monoisotopic (exact) mass is 591 g/mol. The van der Waals surface area contributed by atoms with Gasteiger partial charge < -0.3 is 33.2 Å². The highest BCUT2D eigenvalue weighted by Gasteiger charge is 2.43. The van der Waals surface area contributed by atoms with Crippen LogP contribution in [0.4, 0.5) is 13.6 Å². The highest BCUT2D eigenvalue weighted by Crippen LogP contribution is 2.30. The van der Waals surface area contributed by atoms with Gasteiger partial charge in [-0.1, -0.05) is 6.07 Å². The first-order valence-corrected chi connectivity index (χ1v) is 13.6. The molecule has 0 radical (unpaired) electrons. The number of ketones is 1. The first kappa shape index (κ1) is 29.6. The molecular weight excluding hydrogens is 560 g/mol. The van der Waals surface area contributed by atoms with Crippen LogP contribution in [0.2, 0.25) is 0 Å². The van der Waals surface area contributed by atoms with Crippen molar-refractivity contribution in [1.82, 2.24) is 14.4 Å². The second-order valence-corrected chi connectivity index (χ2v) is 10.2. The molecule has 1 aromatic carbocycles. The molecule has 12 nitrogen and oxygen atoms in total. The summed E-state index contributed by atoms with van der Waals surface area (Å²) in [5, 5.41) is 0. The topological polar surface area (TPSA) is 126 Å². The summed E-state index contributed by atoms with van der Waals surface area (Å²) in [6.07, 6.45) is -0.726. The molecular formula is C28H31F2N3O9. The Balaban J connectivity index is 1.31. The highest BCUT2D eigenvalue weighted by atomic mass is 19.1. The van der Waals surface area contributed by atoms with Gasteiger partial charge in [0.25, 0.3) is 5.91 Å². The Morgan fingerprint density at radius 2 is 1.90 bits per heavy atom. The molecule has 1 aromatic heterocycles. The Labute approximate surface area is 239 Å². The van der Waals surface area contributed by atoms with Gasteiger partial charge in [-0.25, -0.2) is 13.6 Å². The minimum atomic E-state index is -1.03. The van der Waals surface area contributed by atoms with E-state index in [1.165, 1.54) is 21.7 Å². The van der Waals surface area contributed by atoms with Crippen LogP contribution in [0.25, 0.3) is 0 Å². The number of hydrogen-bond acceptors (Lipinski definition) is 10. The molecule has 0 aliphatic carbocycles. The molecule has 5 rings (SSSR count). The van der Waals surface area contributed by atoms with Crippen molar-refractivity contribution in [2.24, 2.45) is 0 Å². The summed E-state index contributed by atoms with van der Waals surface area (Å²) in [6, 6.07) is 2.77. The third-order valence-corrected chi connectivity index (χ3v) is 7.39. The number of aromatic nitrogens is 1. The van der Waals surface area contributed by atoms with Crippen LogP contribution < -0.4 is 10.2 Å². The number of carbonyl (C=O) groups excluding carboxylic acids is 3. The number of pyridine rings is 1. The number of fused-ring (bicyclic) bond motifs is 2. The van der Waals surface area contributed by atoms with Crippen molar-refractivity contribution in [3.05, 3.63) is 63.1 Å². The number of benzene rings is 1. The van der Waals surface area contributed by atoms with Gasteiger partial charge in [0.1, 0.15) is 18.2 Å². The lowest BCUT2D eigenvalue weighted by Crippen LogP contribution is -2.49. The van der Waals surface area contributed by atoms with Crippen molar-refractivity contribution >= 4 is 17.8 Å². The average Bonchev–Trinajstić information content (AvgIpc) is 3.34. The predicted octanol–water partition coefficient (Wildman–Crippen LogP) is 1.96. The molecule has 0 unspecified atom stereocenters. The first-order chi connectivity index (χ1) is 20.2. The fraction of sp³-hybridized carbons (Fsp3) is 0.500. The lowest BCUT2D eigenvalue weighted by Gasteiger charge is -2.34. The van der Waals surface area contributed by atoms with Crippen LogP contribution in [-0.4, -0.2) is 97.3 Å². The Morgan fingerprint density at radius 1 is 1.12 bits per heavy atom. The molecule has 2 aromatic rings. The standard InChI is InChI=1S/C28H31F2N3O9/c1-17-15-40-23-14-32-13-20(22(34)5-3-18-2-4-19(29)12-21(18)30)25(35)26(24(32)27(36)33(17)23)41-16-42-28(37)39-11-8-31-6-9-38-10-7-31/h2,4,12-13,17,23H,3,5-11,14-16H2,1H3/t17-,23+/m0/s1. The normalized spacial score (nSPS) is 20.2. The number of ether oxygens (including phenoxy) is 5. The van der Waals surface area contributed by atoms with E-state index in [1.54, 1.807) is 6.92 Å². The summed E-state index contributed by atoms with van der Waals surface area (Å²) in [6.45, 7) is 4.68. The van der Waals surface area contributed by atoms with Gasteiger partial charge in [0, 0.05) is 38.3 Å². The molecule has 2 saturated heterocycles. The first-order valence-electron chi connectivity index (χ1n) is 13.6. The zero-order valence-electron chi connectivity index (χ0n) is 23.0. The average molecular weight is 592 g/mol. The zero-order valence-corrected chi connectivity index (χ0v) is 23.0. The minimum Gasteiger partial charge on any atom is -0.451 e. The summed E-state index contributed by atoms with van der Waals surface area (Å²) in [4.78, 5) is 55.7. The third kappa shape index (κ3) is 6.45. The lowest BCUT2D eigenvalue weighted by molar-refractivity contribution is -0.00951. The number of morpholine rings is 1. The third-order valence-electron chi connectivity index (χ3n) is 7.39. The van der Waals surface area contributed by atoms with Gasteiger partial charge in [-0.3, -0.25) is 19.3 Å². The number of halogens is 2. The molecule has 0 spiro atoms. The molecule has 4 heterocycles. The molecule has 1 amide bonds. The van der Waals surface area contributed by atoms with Crippen LogP contribution in [0, 0.1) is 11.6 Å². The van der Waals surface area contributed by atoms with Crippen LogP contribution in [0.15, 0.2) is 29.2 Å². The van der Waals surface area contributed by atoms with E-state index in [0.29, 0.717) is 32.4 Å². The van der Waals surface area contributed by atoms with Gasteiger partial charge >= 0.3 is 6.16 Å². The maximum absolute atomic E-state index is 14.1. The fourth-order valence-corrected chi connectivity index (χ4v) is 5.16. The molecule has 226 valence electrons. The van der Waals surface area contributed by atoms with Crippen molar-refractivity contribution in [2.45, 2.75) is 38.6 Å². The summed E-state index contributed by atoms with van der Waals surface area (Å²) in [5.74, 6) is -3.19. The molecule has 42 heavy (non-hydrogen) atoms. The van der Waals surface area contributed by atoms with E-state index >= 15 is 0 Å². The van der Waals surface area contributed by atoms with Gasteiger partial charge in [0.05, 0.1) is 38.0 Å². The molecule has 14 heteroatoms. The number of amides is 1. The predicted molar refractivity (Wildman–Crippen MR) is 140 cm³/mol. The molecule has 0 saturated carbocycles. The Kier molecular flexibility index (Phi) is 9.14. The molecule has 2 fully saturated rings. The number of rotatable bonds is 10. The van der Waals surface area contributed by atoms with Gasteiger partial charge in [0.2, 0.25) is 18.0 Å². The molecule has 3 aliphatic heterocycles. The smallest absolute Gasteiger partial charge is 0.451 e. The second kappa shape index (κ2) is 13.0. The Bertz CT molecular complexity index is 1410. The summed E-state index contributed by atoms with van der Waals surface area (Å²) < 4.78 is 55.3. The maximum atomic E-state index is 14.1. The van der Waals surface area contributed by atoms with Crippen LogP contribution in [0.3, 0.4) is 0 Å².